The summed E-state index contributed by atoms with van der Waals surface area (Å²) in [4.78, 5) is 41.7. The van der Waals surface area contributed by atoms with Crippen LogP contribution in [-0.2, 0) is 9.53 Å². The number of esters is 1. The van der Waals surface area contributed by atoms with Gasteiger partial charge in [0.15, 0.2) is 11.5 Å². The topological polar surface area (TPSA) is 100 Å². The number of ether oxygens (including phenoxy) is 1. The minimum absolute atomic E-state index is 0.00410. The van der Waals surface area contributed by atoms with Gasteiger partial charge in [0.2, 0.25) is 5.78 Å². The third-order valence-corrected chi connectivity index (χ3v) is 5.47. The molecular formula is C25H22N2O6. The van der Waals surface area contributed by atoms with E-state index in [9.17, 15) is 19.5 Å². The molecule has 1 aliphatic rings. The number of aliphatic hydroxyl groups is 1. The number of Topliss-reactive ketones (excluding diaryl/α,β-unsaturated/α-hetero) is 1. The molecule has 33 heavy (non-hydrogen) atoms. The highest BCUT2D eigenvalue weighted by Crippen LogP contribution is 2.42. The Morgan fingerprint density at radius 3 is 2.39 bits per heavy atom. The van der Waals surface area contributed by atoms with Crippen LogP contribution in [0.1, 0.15) is 32.5 Å². The Morgan fingerprint density at radius 1 is 1.06 bits per heavy atom. The van der Waals surface area contributed by atoms with E-state index in [1.807, 2.05) is 31.1 Å². The van der Waals surface area contributed by atoms with E-state index < -0.39 is 29.5 Å². The molecule has 8 heteroatoms. The molecule has 0 radical (unpaired) electrons. The zero-order chi connectivity index (χ0) is 23.7. The first-order valence-corrected chi connectivity index (χ1v) is 10.1. The van der Waals surface area contributed by atoms with Gasteiger partial charge in [0.1, 0.15) is 0 Å². The van der Waals surface area contributed by atoms with Gasteiger partial charge in [0.25, 0.3) is 5.91 Å². The molecule has 0 saturated heterocycles. The van der Waals surface area contributed by atoms with Crippen molar-refractivity contribution in [1.29, 1.82) is 0 Å². The lowest BCUT2D eigenvalue weighted by atomic mass is 9.94. The predicted molar refractivity (Wildman–Crippen MR) is 121 cm³/mol. The second kappa shape index (κ2) is 8.66. The number of ketones is 1. The summed E-state index contributed by atoms with van der Waals surface area (Å²) in [5.41, 5.74) is 2.00. The van der Waals surface area contributed by atoms with E-state index >= 15 is 0 Å². The number of carbonyl (C=O) groups is 3. The number of anilines is 2. The normalized spacial score (nSPS) is 15.7. The maximum atomic E-state index is 13.2. The van der Waals surface area contributed by atoms with Crippen molar-refractivity contribution in [2.45, 2.75) is 6.04 Å². The molecule has 1 atom stereocenters. The number of carbonyl (C=O) groups excluding carboxylic acids is 3. The summed E-state index contributed by atoms with van der Waals surface area (Å²) in [5, 5.41) is 10.8. The van der Waals surface area contributed by atoms with Crippen molar-refractivity contribution < 1.29 is 28.6 Å². The average Bonchev–Trinajstić information content (AvgIpc) is 3.45. The lowest BCUT2D eigenvalue weighted by Gasteiger charge is -2.27. The Kier molecular flexibility index (Phi) is 5.74. The third-order valence-electron chi connectivity index (χ3n) is 5.47. The van der Waals surface area contributed by atoms with E-state index in [0.717, 1.165) is 5.69 Å². The Hall–Kier alpha value is -4.33. The van der Waals surface area contributed by atoms with Crippen LogP contribution in [0.2, 0.25) is 0 Å². The van der Waals surface area contributed by atoms with E-state index in [0.29, 0.717) is 11.3 Å². The SMILES string of the molecule is COC(=O)c1cccc(N2C(=O)C(O)=C(C(=O)c3ccco3)C2c2ccc(N(C)C)cc2)c1. The van der Waals surface area contributed by atoms with Crippen molar-refractivity contribution in [2.24, 2.45) is 0 Å². The van der Waals surface area contributed by atoms with Crippen LogP contribution >= 0.6 is 0 Å². The average molecular weight is 446 g/mol. The van der Waals surface area contributed by atoms with Crippen molar-refractivity contribution in [3.05, 3.63) is 95.1 Å². The molecule has 1 amide bonds. The quantitative estimate of drug-likeness (QED) is 0.453. The Balaban J connectivity index is 1.86. The van der Waals surface area contributed by atoms with Gasteiger partial charge < -0.3 is 19.2 Å². The summed E-state index contributed by atoms with van der Waals surface area (Å²) in [6.07, 6.45) is 1.35. The monoisotopic (exact) mass is 446 g/mol. The van der Waals surface area contributed by atoms with Gasteiger partial charge in [-0.2, -0.15) is 0 Å². The highest BCUT2D eigenvalue weighted by Gasteiger charge is 2.45. The summed E-state index contributed by atoms with van der Waals surface area (Å²) in [7, 11) is 5.06. The van der Waals surface area contributed by atoms with Gasteiger partial charge >= 0.3 is 5.97 Å². The van der Waals surface area contributed by atoms with Crippen LogP contribution in [0.15, 0.2) is 82.7 Å². The number of furan rings is 1. The van der Waals surface area contributed by atoms with Crippen molar-refractivity contribution in [2.75, 3.05) is 31.0 Å². The molecular weight excluding hydrogens is 424 g/mol. The summed E-state index contributed by atoms with van der Waals surface area (Å²) in [6.45, 7) is 0. The molecule has 0 spiro atoms. The number of benzene rings is 2. The third kappa shape index (κ3) is 3.87. The van der Waals surface area contributed by atoms with Crippen molar-refractivity contribution in [1.82, 2.24) is 0 Å². The summed E-state index contributed by atoms with van der Waals surface area (Å²) >= 11 is 0. The van der Waals surface area contributed by atoms with Crippen molar-refractivity contribution >= 4 is 29.0 Å². The molecule has 2 heterocycles. The van der Waals surface area contributed by atoms with Crippen LogP contribution in [0.25, 0.3) is 0 Å². The molecule has 0 saturated carbocycles. The lowest BCUT2D eigenvalue weighted by Crippen LogP contribution is -2.31. The summed E-state index contributed by atoms with van der Waals surface area (Å²) < 4.78 is 10.0. The first-order valence-electron chi connectivity index (χ1n) is 10.1. The zero-order valence-electron chi connectivity index (χ0n) is 18.3. The van der Waals surface area contributed by atoms with Gasteiger partial charge in [-0.25, -0.2) is 4.79 Å². The fourth-order valence-electron chi connectivity index (χ4n) is 3.81. The maximum Gasteiger partial charge on any atom is 0.337 e. The number of amides is 1. The number of hydrogen-bond donors (Lipinski definition) is 1. The van der Waals surface area contributed by atoms with E-state index in [1.54, 1.807) is 36.4 Å². The minimum atomic E-state index is -0.931. The number of nitrogens with zero attached hydrogens (tertiary/aromatic N) is 2. The van der Waals surface area contributed by atoms with Crippen LogP contribution in [0.3, 0.4) is 0 Å². The van der Waals surface area contributed by atoms with E-state index in [2.05, 4.69) is 0 Å². The van der Waals surface area contributed by atoms with E-state index in [-0.39, 0.29) is 16.9 Å². The highest BCUT2D eigenvalue weighted by molar-refractivity contribution is 6.20. The van der Waals surface area contributed by atoms with Crippen LogP contribution in [0, 0.1) is 0 Å². The Bertz CT molecular complexity index is 1240. The first-order chi connectivity index (χ1) is 15.8. The van der Waals surface area contributed by atoms with Crippen molar-refractivity contribution in [3.63, 3.8) is 0 Å². The maximum absolute atomic E-state index is 13.2. The van der Waals surface area contributed by atoms with Crippen LogP contribution < -0.4 is 9.80 Å². The molecule has 4 rings (SSSR count). The highest BCUT2D eigenvalue weighted by atomic mass is 16.5. The molecule has 0 aliphatic carbocycles. The second-order valence-electron chi connectivity index (χ2n) is 7.67. The summed E-state index contributed by atoms with van der Waals surface area (Å²) in [5.74, 6) is -2.59. The smallest absolute Gasteiger partial charge is 0.337 e. The molecule has 8 nitrogen and oxygen atoms in total. The molecule has 1 aliphatic heterocycles. The summed E-state index contributed by atoms with van der Waals surface area (Å²) in [6, 6.07) is 15.7. The first kappa shape index (κ1) is 21.9. The molecule has 1 aromatic heterocycles. The van der Waals surface area contributed by atoms with Gasteiger partial charge in [-0.15, -0.1) is 0 Å². The predicted octanol–water partition coefficient (Wildman–Crippen LogP) is 3.92. The fourth-order valence-corrected chi connectivity index (χ4v) is 3.81. The van der Waals surface area contributed by atoms with Crippen LogP contribution in [0.4, 0.5) is 11.4 Å². The van der Waals surface area contributed by atoms with Gasteiger partial charge in [-0.3, -0.25) is 14.5 Å². The van der Waals surface area contributed by atoms with E-state index in [1.165, 1.54) is 30.4 Å². The van der Waals surface area contributed by atoms with E-state index in [4.69, 9.17) is 9.15 Å². The lowest BCUT2D eigenvalue weighted by molar-refractivity contribution is -0.117. The number of hydrogen-bond acceptors (Lipinski definition) is 7. The largest absolute Gasteiger partial charge is 0.503 e. The number of methoxy groups -OCH3 is 1. The fraction of sp³-hybridized carbons (Fsp3) is 0.160. The second-order valence-corrected chi connectivity index (χ2v) is 7.67. The van der Waals surface area contributed by atoms with Gasteiger partial charge in [0, 0.05) is 25.5 Å². The van der Waals surface area contributed by atoms with Crippen LogP contribution in [-0.4, -0.2) is 44.0 Å². The molecule has 1 N–H and O–H groups in total. The molecule has 3 aromatic rings. The van der Waals surface area contributed by atoms with Gasteiger partial charge in [-0.1, -0.05) is 18.2 Å². The van der Waals surface area contributed by atoms with Crippen molar-refractivity contribution in [3.8, 4) is 0 Å². The van der Waals surface area contributed by atoms with Gasteiger partial charge in [0.05, 0.1) is 30.6 Å². The van der Waals surface area contributed by atoms with Gasteiger partial charge in [-0.05, 0) is 48.0 Å². The molecule has 2 aromatic carbocycles. The Morgan fingerprint density at radius 2 is 1.79 bits per heavy atom. The van der Waals surface area contributed by atoms with Crippen LogP contribution in [0.5, 0.6) is 0 Å². The Labute approximate surface area is 190 Å². The molecule has 1 unspecified atom stereocenters. The number of aliphatic hydroxyl groups excluding tert-OH is 1. The minimum Gasteiger partial charge on any atom is -0.503 e. The standard InChI is InChI=1S/C25H22N2O6/c1-26(2)17-11-9-15(10-12-17)21-20(22(28)19-8-5-13-33-19)23(29)24(30)27(21)18-7-4-6-16(14-18)25(31)32-3/h4-14,21,29H,1-3H3. The molecule has 168 valence electrons. The molecule has 0 bridgehead atoms. The molecule has 0 fully saturated rings. The zero-order valence-corrected chi connectivity index (χ0v) is 18.3. The number of rotatable bonds is 6.